The minimum atomic E-state index is -1.33. The molecule has 5 rings (SSSR count). The molecule has 0 aliphatic rings. The number of aliphatic hydroxyl groups excluding tert-OH is 2. The molecular weight excluding hydrogens is 1270 g/mol. The number of hydrogen-bond donors (Lipinski definition) is 2. The van der Waals surface area contributed by atoms with Gasteiger partial charge in [0.1, 0.15) is 75.9 Å². The summed E-state index contributed by atoms with van der Waals surface area (Å²) in [4.78, 5) is 84.9. The van der Waals surface area contributed by atoms with Crippen molar-refractivity contribution in [2.45, 2.75) is 65.0 Å². The number of aliphatic hydroxyl groups is 2. The maximum Gasteiger partial charge on any atom is 0.508 e. The number of rotatable bonds is 26. The lowest BCUT2D eigenvalue weighted by Gasteiger charge is -2.27. The standard InChI is InChI=1S/C23H28O10.C23H28O8.C8H10.2C6H10O6/c1-23(2,15-5-9-17(10-6-15)32-19(24)13-30-21(26)28-3)16-7-11-18(12-8-16)33-20(25)14-31-22(27)29-4;1-23(2,17-5-9-19(10-6-17)28-13-15-30-21(24)26-3)18-7-11-20(12-8-18)29-14-16-31-22(25)27-4;1-7-3-5-8(2)6-4-7;2*1-9-5(7)11-3-4-12-6(8)10-2/h5-12,19-20,24-25H,13-14H2,1-4H3;5-12H,13-16H2,1-4H3;3-6H,1-2H3;2*3-4H2,1-2H3. The molecule has 0 spiro atoms. The molecule has 0 saturated heterocycles. The number of benzene rings is 5. The van der Waals surface area contributed by atoms with Gasteiger partial charge < -0.3 is 105 Å². The van der Waals surface area contributed by atoms with Crippen molar-refractivity contribution >= 4 is 49.2 Å². The van der Waals surface area contributed by atoms with Crippen LogP contribution in [0.5, 0.6) is 23.0 Å². The molecular formula is C66H86O30. The lowest BCUT2D eigenvalue weighted by atomic mass is 9.78. The molecule has 5 aromatic carbocycles. The van der Waals surface area contributed by atoms with Crippen LogP contribution in [0.2, 0.25) is 0 Å². The molecule has 0 radical (unpaired) electrons. The number of hydrogen-bond acceptors (Lipinski definition) is 30. The van der Waals surface area contributed by atoms with Gasteiger partial charge in [-0.2, -0.15) is 0 Å². The molecule has 5 aromatic rings. The van der Waals surface area contributed by atoms with Crippen LogP contribution in [0.4, 0.5) is 38.4 Å². The summed E-state index contributed by atoms with van der Waals surface area (Å²) in [5, 5.41) is 19.6. The molecule has 30 nitrogen and oxygen atoms in total. The number of methoxy groups -OCH3 is 8. The van der Waals surface area contributed by atoms with Crippen molar-refractivity contribution in [3.63, 3.8) is 0 Å². The van der Waals surface area contributed by atoms with Crippen molar-refractivity contribution in [3.8, 4) is 23.0 Å². The first-order valence-corrected chi connectivity index (χ1v) is 28.8. The highest BCUT2D eigenvalue weighted by Crippen LogP contribution is 2.35. The van der Waals surface area contributed by atoms with E-state index in [9.17, 15) is 48.6 Å². The van der Waals surface area contributed by atoms with Gasteiger partial charge >= 0.3 is 49.2 Å². The van der Waals surface area contributed by atoms with E-state index in [1.165, 1.54) is 68.0 Å². The Morgan fingerprint density at radius 2 is 0.479 bits per heavy atom. The van der Waals surface area contributed by atoms with E-state index in [1.54, 1.807) is 24.3 Å². The van der Waals surface area contributed by atoms with Gasteiger partial charge in [-0.25, -0.2) is 38.4 Å². The zero-order valence-corrected chi connectivity index (χ0v) is 56.1. The Hall–Kier alpha value is -10.6. The van der Waals surface area contributed by atoms with Gasteiger partial charge in [0.05, 0.1) is 56.9 Å². The van der Waals surface area contributed by atoms with E-state index in [-0.39, 0.29) is 76.9 Å². The van der Waals surface area contributed by atoms with Gasteiger partial charge in [-0.15, -0.1) is 0 Å². The molecule has 2 N–H and O–H groups in total. The van der Waals surface area contributed by atoms with Crippen molar-refractivity contribution in [1.82, 2.24) is 0 Å². The molecule has 0 aromatic heterocycles. The fourth-order valence-corrected chi connectivity index (χ4v) is 7.01. The van der Waals surface area contributed by atoms with Crippen LogP contribution in [0.3, 0.4) is 0 Å². The average molecular weight is 1360 g/mol. The quantitative estimate of drug-likeness (QED) is 0.0225. The Morgan fingerprint density at radius 3 is 0.688 bits per heavy atom. The fraction of sp³-hybridized carbons (Fsp3) is 0.424. The van der Waals surface area contributed by atoms with Gasteiger partial charge in [0.2, 0.25) is 12.6 Å². The summed E-state index contributed by atoms with van der Waals surface area (Å²) in [7, 11) is 9.59. The molecule has 0 aliphatic carbocycles. The van der Waals surface area contributed by atoms with E-state index < -0.39 is 61.8 Å². The topological polar surface area (TPSA) is 362 Å². The highest BCUT2D eigenvalue weighted by atomic mass is 16.8. The third-order valence-corrected chi connectivity index (χ3v) is 12.3. The number of ether oxygens (including phenoxy) is 20. The second-order valence-electron chi connectivity index (χ2n) is 19.7. The highest BCUT2D eigenvalue weighted by Gasteiger charge is 2.25. The minimum absolute atomic E-state index is 0.0538. The van der Waals surface area contributed by atoms with Gasteiger partial charge in [0.25, 0.3) is 0 Å². The summed E-state index contributed by atoms with van der Waals surface area (Å²) in [6.07, 6.45) is -9.20. The number of aryl methyl sites for hydroxylation is 2. The van der Waals surface area contributed by atoms with E-state index in [1.807, 2.05) is 86.6 Å². The Bertz CT molecular complexity index is 2790. The summed E-state index contributed by atoms with van der Waals surface area (Å²) in [5.74, 6) is 2.18. The second kappa shape index (κ2) is 47.3. The van der Waals surface area contributed by atoms with Crippen LogP contribution in [-0.4, -0.2) is 195 Å². The lowest BCUT2D eigenvalue weighted by Crippen LogP contribution is -2.24. The van der Waals surface area contributed by atoms with E-state index in [2.05, 4.69) is 118 Å². The fourth-order valence-electron chi connectivity index (χ4n) is 7.01. The van der Waals surface area contributed by atoms with Crippen LogP contribution < -0.4 is 18.9 Å². The van der Waals surface area contributed by atoms with Gasteiger partial charge in [-0.3, -0.25) is 0 Å². The summed E-state index contributed by atoms with van der Waals surface area (Å²) >= 11 is 0. The maximum atomic E-state index is 10.9. The Kier molecular flexibility index (Phi) is 41.1. The second-order valence-corrected chi connectivity index (χ2v) is 19.7. The lowest BCUT2D eigenvalue weighted by molar-refractivity contribution is -0.0682. The molecule has 530 valence electrons. The van der Waals surface area contributed by atoms with E-state index in [0.29, 0.717) is 23.0 Å². The number of carbonyl (C=O) groups is 8. The molecule has 2 atom stereocenters. The third-order valence-electron chi connectivity index (χ3n) is 12.3. The minimum Gasteiger partial charge on any atom is -0.490 e. The monoisotopic (exact) mass is 1360 g/mol. The normalized spacial score (nSPS) is 10.8. The number of carbonyl (C=O) groups excluding carboxylic acids is 8. The SMILES string of the molecule is COC(=O)OCC(O)Oc1ccc(C(C)(C)c2ccc(OC(O)COC(=O)OC)cc2)cc1.COC(=O)OCCOC(=O)OC.COC(=O)OCCOC(=O)OC.COC(=O)OCCOc1ccc(C(C)(C)c2ccc(OCCOC(=O)OC)cc2)cc1.Cc1ccc(C)cc1. The molecule has 0 heterocycles. The third kappa shape index (κ3) is 36.0. The van der Waals surface area contributed by atoms with Crippen molar-refractivity contribution in [2.24, 2.45) is 0 Å². The van der Waals surface area contributed by atoms with Crippen LogP contribution in [0, 0.1) is 13.8 Å². The molecule has 0 fully saturated rings. The van der Waals surface area contributed by atoms with Crippen LogP contribution in [0.25, 0.3) is 0 Å². The summed E-state index contributed by atoms with van der Waals surface area (Å²) in [6, 6.07) is 38.3. The van der Waals surface area contributed by atoms with Gasteiger partial charge in [0.15, 0.2) is 13.2 Å². The predicted molar refractivity (Wildman–Crippen MR) is 337 cm³/mol. The molecule has 2 unspecified atom stereocenters. The van der Waals surface area contributed by atoms with Crippen molar-refractivity contribution in [1.29, 1.82) is 0 Å². The Morgan fingerprint density at radius 1 is 0.292 bits per heavy atom. The van der Waals surface area contributed by atoms with Crippen LogP contribution in [0.1, 0.15) is 61.1 Å². The Balaban J connectivity index is 0.000000665. The average Bonchev–Trinajstić information content (AvgIpc) is 0.866. The molecule has 0 bridgehead atoms. The molecule has 30 heteroatoms. The first kappa shape index (κ1) is 83.4. The first-order valence-electron chi connectivity index (χ1n) is 28.8. The first-order chi connectivity index (χ1) is 45.7. The Labute approximate surface area is 556 Å². The largest absolute Gasteiger partial charge is 0.508 e. The van der Waals surface area contributed by atoms with E-state index in [0.717, 1.165) is 22.3 Å². The zero-order chi connectivity index (χ0) is 71.9. The van der Waals surface area contributed by atoms with Crippen LogP contribution in [-0.2, 0) is 86.6 Å². The highest BCUT2D eigenvalue weighted by molar-refractivity contribution is 5.62. The van der Waals surface area contributed by atoms with Gasteiger partial charge in [0, 0.05) is 10.8 Å². The predicted octanol–water partition coefficient (Wildman–Crippen LogP) is 10.7. The van der Waals surface area contributed by atoms with Crippen molar-refractivity contribution in [3.05, 3.63) is 155 Å². The van der Waals surface area contributed by atoms with Crippen molar-refractivity contribution < 1.29 is 143 Å². The van der Waals surface area contributed by atoms with Gasteiger partial charge in [-0.1, -0.05) is 112 Å². The zero-order valence-electron chi connectivity index (χ0n) is 56.1. The van der Waals surface area contributed by atoms with Crippen molar-refractivity contribution in [2.75, 3.05) is 123 Å². The molecule has 0 amide bonds. The summed E-state index contributed by atoms with van der Waals surface area (Å²) < 4.78 is 92.2. The van der Waals surface area contributed by atoms with E-state index in [4.69, 9.17) is 28.4 Å². The maximum absolute atomic E-state index is 10.9. The smallest absolute Gasteiger partial charge is 0.490 e. The molecule has 96 heavy (non-hydrogen) atoms. The molecule has 0 aliphatic heterocycles. The summed E-state index contributed by atoms with van der Waals surface area (Å²) in [6.45, 7) is 12.3. The van der Waals surface area contributed by atoms with E-state index >= 15 is 0 Å². The molecule has 0 saturated carbocycles. The van der Waals surface area contributed by atoms with Crippen LogP contribution in [0.15, 0.2) is 121 Å². The van der Waals surface area contributed by atoms with Crippen LogP contribution >= 0.6 is 0 Å². The van der Waals surface area contributed by atoms with Gasteiger partial charge in [-0.05, 0) is 84.6 Å². The summed E-state index contributed by atoms with van der Waals surface area (Å²) in [5.41, 5.74) is 6.24.